The van der Waals surface area contributed by atoms with Crippen molar-refractivity contribution < 1.29 is 9.18 Å². The first kappa shape index (κ1) is 16.4. The number of alkyl halides is 1. The third-order valence-electron chi connectivity index (χ3n) is 2.93. The summed E-state index contributed by atoms with van der Waals surface area (Å²) in [4.78, 5) is 12.1. The van der Waals surface area contributed by atoms with E-state index in [0.29, 0.717) is 5.56 Å². The van der Waals surface area contributed by atoms with Crippen molar-refractivity contribution in [1.82, 2.24) is 5.32 Å². The third kappa shape index (κ3) is 4.77. The van der Waals surface area contributed by atoms with Gasteiger partial charge in [-0.3, -0.25) is 4.79 Å². The van der Waals surface area contributed by atoms with Crippen LogP contribution >= 0.6 is 27.5 Å². The van der Waals surface area contributed by atoms with Crippen molar-refractivity contribution in [3.63, 3.8) is 0 Å². The topological polar surface area (TPSA) is 29.1 Å². The maximum absolute atomic E-state index is 13.1. The lowest BCUT2D eigenvalue weighted by atomic mass is 9.85. The van der Waals surface area contributed by atoms with Crippen molar-refractivity contribution in [3.8, 4) is 0 Å². The van der Waals surface area contributed by atoms with Crippen LogP contribution in [0.25, 0.3) is 0 Å². The molecule has 0 saturated heterocycles. The van der Waals surface area contributed by atoms with Crippen molar-refractivity contribution in [2.45, 2.75) is 33.2 Å². The lowest BCUT2D eigenvalue weighted by Gasteiger charge is -2.31. The molecule has 0 aliphatic rings. The third-order valence-corrected chi connectivity index (χ3v) is 3.68. The quantitative estimate of drug-likeness (QED) is 0.801. The Morgan fingerprint density at radius 1 is 1.47 bits per heavy atom. The SMILES string of the molecule is CC(C)(C)C(CCBr)NC(=O)c1ccc(F)c(Cl)c1. The van der Waals surface area contributed by atoms with E-state index in [2.05, 4.69) is 42.0 Å². The standard InChI is InChI=1S/C14H18BrClFNO/c1-14(2,3)12(6-7-15)18-13(19)9-4-5-11(17)10(16)8-9/h4-5,8,12H,6-7H2,1-3H3,(H,18,19). The predicted molar refractivity (Wildman–Crippen MR) is 80.5 cm³/mol. The highest BCUT2D eigenvalue weighted by atomic mass is 79.9. The first-order valence-electron chi connectivity index (χ1n) is 6.07. The van der Waals surface area contributed by atoms with Gasteiger partial charge in [0.2, 0.25) is 0 Å². The van der Waals surface area contributed by atoms with Crippen LogP contribution in [0.2, 0.25) is 5.02 Å². The van der Waals surface area contributed by atoms with E-state index in [-0.39, 0.29) is 22.4 Å². The minimum Gasteiger partial charge on any atom is -0.349 e. The zero-order valence-corrected chi connectivity index (χ0v) is 13.6. The van der Waals surface area contributed by atoms with Crippen LogP contribution < -0.4 is 5.32 Å². The summed E-state index contributed by atoms with van der Waals surface area (Å²) >= 11 is 9.07. The molecule has 1 rings (SSSR count). The highest BCUT2D eigenvalue weighted by Crippen LogP contribution is 2.23. The van der Waals surface area contributed by atoms with Gasteiger partial charge in [0.05, 0.1) is 5.02 Å². The van der Waals surface area contributed by atoms with Crippen LogP contribution in [0.15, 0.2) is 18.2 Å². The van der Waals surface area contributed by atoms with E-state index in [9.17, 15) is 9.18 Å². The average molecular weight is 351 g/mol. The Morgan fingerprint density at radius 2 is 2.11 bits per heavy atom. The number of carbonyl (C=O) groups excluding carboxylic acids is 1. The van der Waals surface area contributed by atoms with Crippen LogP contribution in [0, 0.1) is 11.2 Å². The second-order valence-corrected chi connectivity index (χ2v) is 6.70. The van der Waals surface area contributed by atoms with Gasteiger partial charge in [-0.2, -0.15) is 0 Å². The molecule has 1 unspecified atom stereocenters. The average Bonchev–Trinajstić information content (AvgIpc) is 2.30. The zero-order valence-electron chi connectivity index (χ0n) is 11.3. The molecule has 106 valence electrons. The summed E-state index contributed by atoms with van der Waals surface area (Å²) in [7, 11) is 0. The molecule has 1 atom stereocenters. The normalized spacial score (nSPS) is 13.2. The van der Waals surface area contributed by atoms with Crippen molar-refractivity contribution in [2.24, 2.45) is 5.41 Å². The van der Waals surface area contributed by atoms with Crippen LogP contribution in [0.1, 0.15) is 37.6 Å². The van der Waals surface area contributed by atoms with Gasteiger partial charge in [0.15, 0.2) is 0 Å². The molecule has 0 bridgehead atoms. The number of amides is 1. The fourth-order valence-electron chi connectivity index (χ4n) is 1.71. The highest BCUT2D eigenvalue weighted by molar-refractivity contribution is 9.09. The predicted octanol–water partition coefficient (Wildman–Crippen LogP) is 4.41. The van der Waals surface area contributed by atoms with Crippen molar-refractivity contribution in [3.05, 3.63) is 34.6 Å². The Hall–Kier alpha value is -0.610. The van der Waals surface area contributed by atoms with E-state index in [4.69, 9.17) is 11.6 Å². The van der Waals surface area contributed by atoms with Crippen LogP contribution in [0.5, 0.6) is 0 Å². The molecular formula is C14H18BrClFNO. The summed E-state index contributed by atoms with van der Waals surface area (Å²) in [6.45, 7) is 6.20. The van der Waals surface area contributed by atoms with E-state index in [1.54, 1.807) is 0 Å². The molecule has 5 heteroatoms. The second-order valence-electron chi connectivity index (χ2n) is 5.50. The van der Waals surface area contributed by atoms with Crippen LogP contribution in [0.4, 0.5) is 4.39 Å². The van der Waals surface area contributed by atoms with Crippen molar-refractivity contribution >= 4 is 33.4 Å². The van der Waals surface area contributed by atoms with Gasteiger partial charge in [-0.25, -0.2) is 4.39 Å². The molecule has 1 aromatic carbocycles. The highest BCUT2D eigenvalue weighted by Gasteiger charge is 2.26. The fraction of sp³-hybridized carbons (Fsp3) is 0.500. The van der Waals surface area contributed by atoms with Gasteiger partial charge in [0.1, 0.15) is 5.82 Å². The van der Waals surface area contributed by atoms with Crippen molar-refractivity contribution in [1.29, 1.82) is 0 Å². The molecule has 1 amide bonds. The minimum atomic E-state index is -0.522. The van der Waals surface area contributed by atoms with Crippen molar-refractivity contribution in [2.75, 3.05) is 5.33 Å². The zero-order chi connectivity index (χ0) is 14.6. The molecule has 0 radical (unpaired) electrons. The molecule has 0 aliphatic carbocycles. The molecule has 19 heavy (non-hydrogen) atoms. The fourth-order valence-corrected chi connectivity index (χ4v) is 2.35. The van der Waals surface area contributed by atoms with Gasteiger partial charge in [-0.05, 0) is 30.0 Å². The van der Waals surface area contributed by atoms with Crippen LogP contribution in [-0.4, -0.2) is 17.3 Å². The molecule has 0 heterocycles. The van der Waals surface area contributed by atoms with E-state index in [1.807, 2.05) is 0 Å². The minimum absolute atomic E-state index is 0.0307. The molecule has 0 aliphatic heterocycles. The summed E-state index contributed by atoms with van der Waals surface area (Å²) < 4.78 is 13.1. The molecule has 0 saturated carbocycles. The number of halogens is 3. The van der Waals surface area contributed by atoms with Gasteiger partial charge >= 0.3 is 0 Å². The Labute approximate surface area is 126 Å². The monoisotopic (exact) mass is 349 g/mol. The van der Waals surface area contributed by atoms with E-state index in [0.717, 1.165) is 11.8 Å². The number of nitrogens with one attached hydrogen (secondary N) is 1. The summed E-state index contributed by atoms with van der Waals surface area (Å²) in [5.74, 6) is -0.756. The van der Waals surface area contributed by atoms with E-state index in [1.165, 1.54) is 18.2 Å². The number of hydrogen-bond acceptors (Lipinski definition) is 1. The van der Waals surface area contributed by atoms with E-state index >= 15 is 0 Å². The molecule has 0 spiro atoms. The molecule has 0 fully saturated rings. The smallest absolute Gasteiger partial charge is 0.251 e. The molecular weight excluding hydrogens is 333 g/mol. The van der Waals surface area contributed by atoms with Crippen LogP contribution in [-0.2, 0) is 0 Å². The Kier molecular flexibility index (Phi) is 5.81. The van der Waals surface area contributed by atoms with E-state index < -0.39 is 5.82 Å². The first-order valence-corrected chi connectivity index (χ1v) is 7.57. The summed E-state index contributed by atoms with van der Waals surface area (Å²) in [6, 6.07) is 4.02. The Bertz CT molecular complexity index is 459. The first-order chi connectivity index (χ1) is 8.75. The summed E-state index contributed by atoms with van der Waals surface area (Å²) in [5, 5.41) is 3.73. The second kappa shape index (κ2) is 6.71. The van der Waals surface area contributed by atoms with Crippen LogP contribution in [0.3, 0.4) is 0 Å². The molecule has 2 nitrogen and oxygen atoms in total. The number of hydrogen-bond donors (Lipinski definition) is 1. The number of carbonyl (C=O) groups is 1. The van der Waals surface area contributed by atoms with Gasteiger partial charge in [0.25, 0.3) is 5.91 Å². The molecule has 1 aromatic rings. The summed E-state index contributed by atoms with van der Waals surface area (Å²) in [6.07, 6.45) is 0.824. The lowest BCUT2D eigenvalue weighted by Crippen LogP contribution is -2.44. The van der Waals surface area contributed by atoms with Gasteiger partial charge < -0.3 is 5.32 Å². The summed E-state index contributed by atoms with van der Waals surface area (Å²) in [5.41, 5.74) is 0.322. The Balaban J connectivity index is 2.84. The Morgan fingerprint density at radius 3 is 2.58 bits per heavy atom. The van der Waals surface area contributed by atoms with Gasteiger partial charge in [-0.15, -0.1) is 0 Å². The van der Waals surface area contributed by atoms with Gasteiger partial charge in [-0.1, -0.05) is 48.3 Å². The largest absolute Gasteiger partial charge is 0.349 e. The number of benzene rings is 1. The molecule has 0 aromatic heterocycles. The maximum atomic E-state index is 13.1. The molecule has 1 N–H and O–H groups in total. The maximum Gasteiger partial charge on any atom is 0.251 e. The lowest BCUT2D eigenvalue weighted by molar-refractivity contribution is 0.0900. The van der Waals surface area contributed by atoms with Gasteiger partial charge in [0, 0.05) is 16.9 Å². The number of rotatable bonds is 4.